The van der Waals surface area contributed by atoms with Crippen LogP contribution in [0.1, 0.15) is 25.5 Å². The third kappa shape index (κ3) is 7.07. The standard InChI is InChI=1S/C17H26FN3O2.2ClH/c1-12(13(2)19)17(22)20-11-16(21-6-8-23-9-7-21)14-4-3-5-15(18)10-14;;/h3-5,10,12-13,16H,6-9,11,19H2,1-2H3,(H,20,22);2*1H. The first-order valence-corrected chi connectivity index (χ1v) is 8.09. The van der Waals surface area contributed by atoms with Gasteiger partial charge in [-0.25, -0.2) is 4.39 Å². The smallest absolute Gasteiger partial charge is 0.224 e. The number of amides is 1. The molecule has 0 radical (unpaired) electrons. The van der Waals surface area contributed by atoms with E-state index in [-0.39, 0.29) is 54.5 Å². The van der Waals surface area contributed by atoms with Gasteiger partial charge >= 0.3 is 0 Å². The highest BCUT2D eigenvalue weighted by molar-refractivity contribution is 5.85. The third-order valence-electron chi connectivity index (χ3n) is 4.39. The molecule has 3 N–H and O–H groups in total. The Kier molecular flexibility index (Phi) is 11.2. The Morgan fingerprint density at radius 1 is 1.32 bits per heavy atom. The number of hydrogen-bond donors (Lipinski definition) is 2. The topological polar surface area (TPSA) is 67.6 Å². The van der Waals surface area contributed by atoms with Crippen LogP contribution in [-0.4, -0.2) is 49.7 Å². The zero-order valence-electron chi connectivity index (χ0n) is 14.6. The van der Waals surface area contributed by atoms with Crippen molar-refractivity contribution in [1.82, 2.24) is 10.2 Å². The van der Waals surface area contributed by atoms with Crippen LogP contribution >= 0.6 is 24.8 Å². The van der Waals surface area contributed by atoms with Crippen LogP contribution in [0.15, 0.2) is 24.3 Å². The SMILES string of the molecule is CC(N)C(C)C(=O)NCC(c1cccc(F)c1)N1CCOCC1.Cl.Cl. The minimum absolute atomic E-state index is 0. The first kappa shape index (κ1) is 24.1. The fraction of sp³-hybridized carbons (Fsp3) is 0.588. The van der Waals surface area contributed by atoms with Crippen molar-refractivity contribution in [3.63, 3.8) is 0 Å². The largest absolute Gasteiger partial charge is 0.379 e. The summed E-state index contributed by atoms with van der Waals surface area (Å²) in [7, 11) is 0. The fourth-order valence-electron chi connectivity index (χ4n) is 2.66. The number of ether oxygens (including phenoxy) is 1. The number of benzene rings is 1. The molecule has 1 saturated heterocycles. The van der Waals surface area contributed by atoms with Crippen molar-refractivity contribution in [2.75, 3.05) is 32.8 Å². The highest BCUT2D eigenvalue weighted by Gasteiger charge is 2.25. The summed E-state index contributed by atoms with van der Waals surface area (Å²) in [5.74, 6) is -0.599. The lowest BCUT2D eigenvalue weighted by Gasteiger charge is -2.35. The van der Waals surface area contributed by atoms with Crippen molar-refractivity contribution in [3.8, 4) is 0 Å². The highest BCUT2D eigenvalue weighted by Crippen LogP contribution is 2.22. The number of rotatable bonds is 6. The van der Waals surface area contributed by atoms with Crippen LogP contribution in [0.2, 0.25) is 0 Å². The highest BCUT2D eigenvalue weighted by atomic mass is 35.5. The summed E-state index contributed by atoms with van der Waals surface area (Å²) >= 11 is 0. The Balaban J connectivity index is 0.00000288. The Hall–Kier alpha value is -0.920. The second-order valence-corrected chi connectivity index (χ2v) is 6.11. The summed E-state index contributed by atoms with van der Waals surface area (Å²) in [6, 6.07) is 6.28. The predicted octanol–water partition coefficient (Wildman–Crippen LogP) is 2.14. The Labute approximate surface area is 161 Å². The van der Waals surface area contributed by atoms with Crippen LogP contribution in [0.5, 0.6) is 0 Å². The minimum Gasteiger partial charge on any atom is -0.379 e. The average molecular weight is 396 g/mol. The first-order chi connectivity index (χ1) is 11.0. The number of halogens is 3. The van der Waals surface area contributed by atoms with E-state index in [1.165, 1.54) is 12.1 Å². The maximum absolute atomic E-state index is 13.6. The molecule has 25 heavy (non-hydrogen) atoms. The van der Waals surface area contributed by atoms with Gasteiger partial charge in [-0.05, 0) is 24.6 Å². The monoisotopic (exact) mass is 395 g/mol. The number of carbonyl (C=O) groups is 1. The molecule has 1 aromatic rings. The summed E-state index contributed by atoms with van der Waals surface area (Å²) in [4.78, 5) is 14.4. The molecule has 2 rings (SSSR count). The fourth-order valence-corrected chi connectivity index (χ4v) is 2.66. The molecule has 1 aliphatic heterocycles. The molecule has 0 aliphatic carbocycles. The van der Waals surface area contributed by atoms with Gasteiger partial charge < -0.3 is 15.8 Å². The van der Waals surface area contributed by atoms with Gasteiger partial charge in [-0.2, -0.15) is 0 Å². The number of nitrogens with two attached hydrogens (primary N) is 1. The molecule has 0 saturated carbocycles. The van der Waals surface area contributed by atoms with E-state index in [1.807, 2.05) is 19.9 Å². The van der Waals surface area contributed by atoms with Gasteiger partial charge in [0, 0.05) is 31.6 Å². The summed E-state index contributed by atoms with van der Waals surface area (Å²) in [5, 5.41) is 2.96. The Morgan fingerprint density at radius 2 is 1.96 bits per heavy atom. The van der Waals surface area contributed by atoms with Crippen LogP contribution in [0.25, 0.3) is 0 Å². The second-order valence-electron chi connectivity index (χ2n) is 6.11. The molecule has 0 bridgehead atoms. The molecule has 1 amide bonds. The molecular formula is C17H28Cl2FN3O2. The summed E-state index contributed by atoms with van der Waals surface area (Å²) < 4.78 is 19.0. The molecule has 144 valence electrons. The van der Waals surface area contributed by atoms with Gasteiger partial charge in [0.1, 0.15) is 5.82 Å². The maximum atomic E-state index is 13.6. The average Bonchev–Trinajstić information content (AvgIpc) is 2.55. The number of nitrogens with zero attached hydrogens (tertiary/aromatic N) is 1. The molecule has 1 aliphatic rings. The summed E-state index contributed by atoms with van der Waals surface area (Å²) in [6.07, 6.45) is 0. The number of nitrogens with one attached hydrogen (secondary N) is 1. The van der Waals surface area contributed by atoms with Crippen molar-refractivity contribution < 1.29 is 13.9 Å². The van der Waals surface area contributed by atoms with Crippen molar-refractivity contribution >= 4 is 30.7 Å². The Bertz CT molecular complexity index is 528. The zero-order valence-corrected chi connectivity index (χ0v) is 16.2. The van der Waals surface area contributed by atoms with Crippen LogP contribution in [0.3, 0.4) is 0 Å². The van der Waals surface area contributed by atoms with Gasteiger partial charge in [-0.15, -0.1) is 24.8 Å². The summed E-state index contributed by atoms with van der Waals surface area (Å²) in [6.45, 7) is 6.88. The van der Waals surface area contributed by atoms with Crippen LogP contribution in [-0.2, 0) is 9.53 Å². The van der Waals surface area contributed by atoms with Crippen LogP contribution in [0, 0.1) is 11.7 Å². The van der Waals surface area contributed by atoms with E-state index >= 15 is 0 Å². The van der Waals surface area contributed by atoms with E-state index in [4.69, 9.17) is 10.5 Å². The molecule has 1 aromatic carbocycles. The second kappa shape index (κ2) is 11.6. The third-order valence-corrected chi connectivity index (χ3v) is 4.39. The van der Waals surface area contributed by atoms with Gasteiger partial charge in [0.25, 0.3) is 0 Å². The van der Waals surface area contributed by atoms with Crippen molar-refractivity contribution in [1.29, 1.82) is 0 Å². The van der Waals surface area contributed by atoms with E-state index < -0.39 is 0 Å². The predicted molar refractivity (Wildman–Crippen MR) is 102 cm³/mol. The van der Waals surface area contributed by atoms with E-state index in [1.54, 1.807) is 6.07 Å². The lowest BCUT2D eigenvalue weighted by molar-refractivity contribution is -0.125. The quantitative estimate of drug-likeness (QED) is 0.773. The van der Waals surface area contributed by atoms with Gasteiger partial charge in [-0.3, -0.25) is 9.69 Å². The first-order valence-electron chi connectivity index (χ1n) is 8.09. The maximum Gasteiger partial charge on any atom is 0.224 e. The Morgan fingerprint density at radius 3 is 2.52 bits per heavy atom. The molecule has 1 heterocycles. The minimum atomic E-state index is -0.268. The number of morpholine rings is 1. The van der Waals surface area contributed by atoms with Gasteiger partial charge in [0.2, 0.25) is 5.91 Å². The number of hydrogen-bond acceptors (Lipinski definition) is 4. The van der Waals surface area contributed by atoms with Crippen LogP contribution < -0.4 is 11.1 Å². The molecule has 1 fully saturated rings. The van der Waals surface area contributed by atoms with E-state index in [0.29, 0.717) is 19.8 Å². The van der Waals surface area contributed by atoms with Crippen molar-refractivity contribution in [3.05, 3.63) is 35.6 Å². The van der Waals surface area contributed by atoms with Gasteiger partial charge in [0.15, 0.2) is 0 Å². The van der Waals surface area contributed by atoms with E-state index in [9.17, 15) is 9.18 Å². The molecule has 0 aromatic heterocycles. The molecule has 0 spiro atoms. The zero-order chi connectivity index (χ0) is 16.8. The van der Waals surface area contributed by atoms with Gasteiger partial charge in [-0.1, -0.05) is 19.1 Å². The lowest BCUT2D eigenvalue weighted by atomic mass is 10.0. The lowest BCUT2D eigenvalue weighted by Crippen LogP contribution is -2.46. The van der Waals surface area contributed by atoms with E-state index in [2.05, 4.69) is 10.2 Å². The molecule has 5 nitrogen and oxygen atoms in total. The number of carbonyl (C=O) groups excluding carboxylic acids is 1. The van der Waals surface area contributed by atoms with Crippen molar-refractivity contribution in [2.45, 2.75) is 25.9 Å². The molecule has 3 atom stereocenters. The molecule has 8 heteroatoms. The molecule has 3 unspecified atom stereocenters. The summed E-state index contributed by atoms with van der Waals surface area (Å²) in [5.41, 5.74) is 6.64. The van der Waals surface area contributed by atoms with Crippen molar-refractivity contribution in [2.24, 2.45) is 11.7 Å². The van der Waals surface area contributed by atoms with Crippen LogP contribution in [0.4, 0.5) is 4.39 Å². The van der Waals surface area contributed by atoms with E-state index in [0.717, 1.165) is 18.7 Å². The van der Waals surface area contributed by atoms with Gasteiger partial charge in [0.05, 0.1) is 19.3 Å². The molecular weight excluding hydrogens is 368 g/mol. The normalized spacial score (nSPS) is 18.2.